The van der Waals surface area contributed by atoms with Crippen molar-refractivity contribution in [3.8, 4) is 0 Å². The van der Waals surface area contributed by atoms with Crippen molar-refractivity contribution in [3.63, 3.8) is 0 Å². The van der Waals surface area contributed by atoms with Crippen molar-refractivity contribution in [3.05, 3.63) is 0 Å². The van der Waals surface area contributed by atoms with Gasteiger partial charge in [0.15, 0.2) is 0 Å². The Labute approximate surface area is 524 Å². The van der Waals surface area contributed by atoms with Crippen LogP contribution in [0, 0.1) is 11.3 Å². The molecule has 4 unspecified atom stereocenters. The van der Waals surface area contributed by atoms with Gasteiger partial charge in [-0.05, 0) is 144 Å². The van der Waals surface area contributed by atoms with Gasteiger partial charge in [-0.2, -0.15) is 0 Å². The van der Waals surface area contributed by atoms with E-state index in [1.165, 1.54) is 57.8 Å². The number of ether oxygens (including phenoxy) is 3. The third kappa shape index (κ3) is 41.5. The van der Waals surface area contributed by atoms with Gasteiger partial charge in [0.05, 0.1) is 51.4 Å². The van der Waals surface area contributed by atoms with E-state index >= 15 is 0 Å². The van der Waals surface area contributed by atoms with Gasteiger partial charge in [0.2, 0.25) is 29.5 Å². The summed E-state index contributed by atoms with van der Waals surface area (Å²) in [5, 5.41) is 25.2. The molecule has 20 heteroatoms. The molecule has 5 amide bonds. The summed E-state index contributed by atoms with van der Waals surface area (Å²) in [5.41, 5.74) is -1.78. The van der Waals surface area contributed by atoms with Crippen LogP contribution < -0.4 is 42.5 Å². The third-order valence-corrected chi connectivity index (χ3v) is 19.3. The first-order valence-corrected chi connectivity index (χ1v) is 35.7. The van der Waals surface area contributed by atoms with E-state index in [2.05, 4.69) is 91.0 Å². The first-order chi connectivity index (χ1) is 40.8. The van der Waals surface area contributed by atoms with E-state index in [9.17, 15) is 33.4 Å². The fraction of sp³-hybridized carbons (Fsp3) is 0.924. The van der Waals surface area contributed by atoms with Crippen molar-refractivity contribution in [1.29, 1.82) is 0 Å². The molecule has 0 aliphatic carbocycles. The molecule has 86 heavy (non-hydrogen) atoms. The highest BCUT2D eigenvalue weighted by atomic mass is 31.2. The summed E-state index contributed by atoms with van der Waals surface area (Å²) in [6.45, 7) is 32.5. The van der Waals surface area contributed by atoms with E-state index in [0.717, 1.165) is 84.0 Å². The Bertz CT molecular complexity index is 1820. The van der Waals surface area contributed by atoms with Crippen LogP contribution in [0.1, 0.15) is 263 Å². The van der Waals surface area contributed by atoms with Crippen LogP contribution in [0.5, 0.6) is 0 Å². The predicted molar refractivity (Wildman–Crippen MR) is 353 cm³/mol. The number of hydrogen-bond donors (Lipinski definition) is 9. The summed E-state index contributed by atoms with van der Waals surface area (Å²) < 4.78 is 36.7. The Kier molecular flexibility index (Phi) is 47.5. The fourth-order valence-electron chi connectivity index (χ4n) is 10.2. The van der Waals surface area contributed by atoms with Gasteiger partial charge in [-0.15, -0.1) is 0 Å². The molecule has 0 radical (unpaired) electrons. The molecule has 0 spiro atoms. The third-order valence-electron chi connectivity index (χ3n) is 16.9. The second kappa shape index (κ2) is 49.0. The largest absolute Gasteiger partial charge is 0.378 e. The molecule has 0 rings (SSSR count). The van der Waals surface area contributed by atoms with Gasteiger partial charge < -0.3 is 66.2 Å². The standard InChI is InChI=1S/C66H133N8O11P/c1-14-20-25-38-62(8,9)72-46-31-44-69-58(76)36-50-83-54-66(53-82-49-35-57(75)68-43-30-41-67-19-6,55-84-51-37-59(77)70-45-32-47-73-65(13,39-26-21-15-2)40-27-22-16-3)74-60(78)34-33-56(7)52-64(12,18-5)61(79)71-42-28-23-24-29-48-85-86(80,81)63(10,11)17-4/h56,67,72-73H,14-55H2,1-13H3,(H,68,75)(H,69,76)(H,70,77)(H,71,79)(H,74,78)(H,80,81). The van der Waals surface area contributed by atoms with Crippen LogP contribution in [0.15, 0.2) is 0 Å². The molecule has 19 nitrogen and oxygen atoms in total. The van der Waals surface area contributed by atoms with Gasteiger partial charge >= 0.3 is 7.60 Å². The molecule has 0 heterocycles. The Hall–Kier alpha value is -2.74. The molecule has 0 aromatic carbocycles. The lowest BCUT2D eigenvalue weighted by atomic mass is 9.77. The number of hydrogen-bond acceptors (Lipinski definition) is 13. The summed E-state index contributed by atoms with van der Waals surface area (Å²) in [5.74, 6) is -0.722. The number of carbonyl (C=O) groups is 5. The quantitative estimate of drug-likeness (QED) is 0.0203. The minimum absolute atomic E-state index is 0.00744. The van der Waals surface area contributed by atoms with Gasteiger partial charge in [-0.3, -0.25) is 28.5 Å². The molecule has 508 valence electrons. The van der Waals surface area contributed by atoms with Gasteiger partial charge in [-0.1, -0.05) is 126 Å². The highest BCUT2D eigenvalue weighted by Gasteiger charge is 2.39. The number of amides is 5. The highest BCUT2D eigenvalue weighted by Crippen LogP contribution is 2.56. The molecule has 0 saturated heterocycles. The normalized spacial score (nSPS) is 14.6. The lowest BCUT2D eigenvalue weighted by Gasteiger charge is -2.34. The minimum atomic E-state index is -3.71. The first kappa shape index (κ1) is 83.3. The summed E-state index contributed by atoms with van der Waals surface area (Å²) in [7, 11) is -3.71. The number of rotatable bonds is 60. The average Bonchev–Trinajstić information content (AvgIpc) is 2.58. The lowest BCUT2D eigenvalue weighted by Crippen LogP contribution is -2.58. The Morgan fingerprint density at radius 1 is 0.488 bits per heavy atom. The van der Waals surface area contributed by atoms with Crippen LogP contribution in [-0.2, 0) is 47.3 Å². The monoisotopic (exact) mass is 1240 g/mol. The van der Waals surface area contributed by atoms with Gasteiger partial charge in [-0.25, -0.2) is 0 Å². The van der Waals surface area contributed by atoms with E-state index in [1.807, 2.05) is 27.7 Å². The van der Waals surface area contributed by atoms with Gasteiger partial charge in [0.1, 0.15) is 5.54 Å². The lowest BCUT2D eigenvalue weighted by molar-refractivity contribution is -0.132. The molecular formula is C66H133N8O11P. The van der Waals surface area contributed by atoms with Gasteiger partial charge in [0.25, 0.3) is 0 Å². The van der Waals surface area contributed by atoms with Crippen LogP contribution in [0.3, 0.4) is 0 Å². The SMILES string of the molecule is CCCCCC(C)(C)NCCCNC(=O)CCOCC(COCCC(=O)NCCCNCC)(COCCC(=O)NCCCNC(C)(CCCCC)CCCCC)NC(=O)CCC(C)CC(C)(CC)C(=O)NCCCCCCOP(=O)(O)C(C)(C)CC. The zero-order valence-electron chi connectivity index (χ0n) is 57.3. The molecule has 4 atom stereocenters. The Balaban J connectivity index is 6.04. The zero-order valence-corrected chi connectivity index (χ0v) is 58.1. The molecule has 0 saturated carbocycles. The van der Waals surface area contributed by atoms with E-state index in [-0.39, 0.29) is 118 Å². The maximum atomic E-state index is 14.2. The number of nitrogens with one attached hydrogen (secondary N) is 8. The minimum Gasteiger partial charge on any atom is -0.378 e. The molecular weight excluding hydrogens is 1110 g/mol. The van der Waals surface area contributed by atoms with Crippen LogP contribution >= 0.6 is 7.60 Å². The molecule has 9 N–H and O–H groups in total. The first-order valence-electron chi connectivity index (χ1n) is 34.1. The van der Waals surface area contributed by atoms with Crippen LogP contribution in [0.4, 0.5) is 0 Å². The Morgan fingerprint density at radius 3 is 1.43 bits per heavy atom. The van der Waals surface area contributed by atoms with E-state index in [1.54, 1.807) is 13.8 Å². The number of carbonyl (C=O) groups excluding carboxylic acids is 5. The summed E-state index contributed by atoms with van der Waals surface area (Å²) in [4.78, 5) is 77.2. The summed E-state index contributed by atoms with van der Waals surface area (Å²) >= 11 is 0. The predicted octanol–water partition coefficient (Wildman–Crippen LogP) is 10.9. The van der Waals surface area contributed by atoms with Crippen molar-refractivity contribution >= 4 is 37.1 Å². The second-order valence-corrected chi connectivity index (χ2v) is 28.8. The smallest absolute Gasteiger partial charge is 0.333 e. The van der Waals surface area contributed by atoms with Crippen LogP contribution in [-0.4, -0.2) is 155 Å². The maximum Gasteiger partial charge on any atom is 0.333 e. The van der Waals surface area contributed by atoms with Gasteiger partial charge in [0, 0.05) is 68.4 Å². The molecule has 0 bridgehead atoms. The summed E-state index contributed by atoms with van der Waals surface area (Å²) in [6.07, 6.45) is 22.4. The molecule has 0 aliphatic heterocycles. The zero-order chi connectivity index (χ0) is 64.6. The van der Waals surface area contributed by atoms with E-state index < -0.39 is 23.7 Å². The van der Waals surface area contributed by atoms with E-state index in [4.69, 9.17) is 18.7 Å². The molecule has 0 aromatic heterocycles. The average molecular weight is 1250 g/mol. The topological polar surface area (TPSA) is 256 Å². The highest BCUT2D eigenvalue weighted by molar-refractivity contribution is 7.54. The molecule has 0 aromatic rings. The maximum absolute atomic E-state index is 14.2. The van der Waals surface area contributed by atoms with Crippen molar-refractivity contribution in [2.75, 3.05) is 98.6 Å². The fourth-order valence-corrected chi connectivity index (χ4v) is 11.3. The Morgan fingerprint density at radius 2 is 0.953 bits per heavy atom. The molecule has 0 aliphatic rings. The van der Waals surface area contributed by atoms with Crippen LogP contribution in [0.25, 0.3) is 0 Å². The van der Waals surface area contributed by atoms with Crippen molar-refractivity contribution in [2.45, 2.75) is 285 Å². The van der Waals surface area contributed by atoms with E-state index in [0.29, 0.717) is 58.3 Å². The van der Waals surface area contributed by atoms with Crippen molar-refractivity contribution in [2.24, 2.45) is 11.3 Å². The molecule has 0 fully saturated rings. The van der Waals surface area contributed by atoms with Crippen LogP contribution in [0.2, 0.25) is 0 Å². The summed E-state index contributed by atoms with van der Waals surface area (Å²) in [6, 6.07) is 0. The van der Waals surface area contributed by atoms with Crippen molar-refractivity contribution < 1.29 is 52.2 Å². The second-order valence-electron chi connectivity index (χ2n) is 26.3. The van der Waals surface area contributed by atoms with Crippen molar-refractivity contribution in [1.82, 2.24) is 42.5 Å². The number of unbranched alkanes of at least 4 members (excludes halogenated alkanes) is 9.